The smallest absolute Gasteiger partial charge is 0.323 e. The van der Waals surface area contributed by atoms with E-state index in [1.54, 1.807) is 4.90 Å². The van der Waals surface area contributed by atoms with Gasteiger partial charge in [-0.2, -0.15) is 0 Å². The van der Waals surface area contributed by atoms with E-state index in [1.165, 1.54) is 0 Å². The number of anilines is 1. The predicted octanol–water partition coefficient (Wildman–Crippen LogP) is 3.69. The molecule has 152 valence electrons. The van der Waals surface area contributed by atoms with Gasteiger partial charge in [-0.1, -0.05) is 50.1 Å². The van der Waals surface area contributed by atoms with Crippen molar-refractivity contribution in [3.8, 4) is 0 Å². The fourth-order valence-electron chi connectivity index (χ4n) is 4.71. The molecule has 0 aromatic heterocycles. The molecular weight excluding hydrogens is 366 g/mol. The lowest BCUT2D eigenvalue weighted by Crippen LogP contribution is -2.54. The molecule has 1 aliphatic carbocycles. The normalized spacial score (nSPS) is 24.2. The van der Waals surface area contributed by atoms with Gasteiger partial charge in [0.2, 0.25) is 5.91 Å². The van der Waals surface area contributed by atoms with E-state index in [1.807, 2.05) is 56.3 Å². The molecule has 29 heavy (non-hydrogen) atoms. The summed E-state index contributed by atoms with van der Waals surface area (Å²) in [4.78, 5) is 41.5. The highest BCUT2D eigenvalue weighted by Gasteiger charge is 2.55. The Kier molecular flexibility index (Phi) is 5.03. The molecule has 4 rings (SSSR count). The Labute approximate surface area is 170 Å². The minimum atomic E-state index is -0.838. The summed E-state index contributed by atoms with van der Waals surface area (Å²) in [6.45, 7) is 4.13. The minimum absolute atomic E-state index is 0.0792. The molecule has 1 aliphatic heterocycles. The summed E-state index contributed by atoms with van der Waals surface area (Å²) >= 11 is 0. The molecule has 1 spiro atoms. The molecule has 2 atom stereocenters. The lowest BCUT2D eigenvalue weighted by molar-refractivity contribution is -0.136. The van der Waals surface area contributed by atoms with Gasteiger partial charge in [0.15, 0.2) is 0 Å². The Hall–Kier alpha value is -2.89. The molecule has 1 saturated carbocycles. The van der Waals surface area contributed by atoms with Crippen molar-refractivity contribution in [1.29, 1.82) is 0 Å². The second kappa shape index (κ2) is 7.50. The van der Waals surface area contributed by atoms with Gasteiger partial charge in [-0.05, 0) is 48.6 Å². The van der Waals surface area contributed by atoms with Crippen molar-refractivity contribution in [1.82, 2.24) is 10.2 Å². The lowest BCUT2D eigenvalue weighted by Gasteiger charge is -2.36. The molecular formula is C23H27N3O3. The Morgan fingerprint density at radius 3 is 2.66 bits per heavy atom. The molecule has 0 radical (unpaired) electrons. The maximum Gasteiger partial charge on any atom is 0.325 e. The van der Waals surface area contributed by atoms with E-state index in [0.717, 1.165) is 40.6 Å². The zero-order valence-electron chi connectivity index (χ0n) is 17.0. The van der Waals surface area contributed by atoms with Crippen LogP contribution < -0.4 is 10.2 Å². The van der Waals surface area contributed by atoms with Crippen molar-refractivity contribution in [3.63, 3.8) is 0 Å². The number of hydrogen-bond donors (Lipinski definition) is 1. The number of nitrogens with zero attached hydrogens (tertiary/aromatic N) is 2. The molecule has 6 heteroatoms. The van der Waals surface area contributed by atoms with Crippen LogP contribution in [-0.4, -0.2) is 41.4 Å². The number of nitrogens with one attached hydrogen (secondary N) is 1. The second-order valence-corrected chi connectivity index (χ2v) is 8.11. The topological polar surface area (TPSA) is 69.7 Å². The zero-order valence-corrected chi connectivity index (χ0v) is 17.0. The van der Waals surface area contributed by atoms with Crippen molar-refractivity contribution >= 4 is 34.3 Å². The van der Waals surface area contributed by atoms with Crippen LogP contribution in [0.1, 0.15) is 39.5 Å². The highest BCUT2D eigenvalue weighted by Crippen LogP contribution is 2.38. The van der Waals surface area contributed by atoms with Crippen molar-refractivity contribution in [3.05, 3.63) is 42.5 Å². The zero-order chi connectivity index (χ0) is 20.6. The van der Waals surface area contributed by atoms with Gasteiger partial charge in [-0.15, -0.1) is 0 Å². The number of carbonyl (C=O) groups is 3. The number of benzene rings is 2. The summed E-state index contributed by atoms with van der Waals surface area (Å²) in [5, 5.41) is 5.05. The summed E-state index contributed by atoms with van der Waals surface area (Å²) in [5.74, 6) is -0.431. The van der Waals surface area contributed by atoms with Crippen LogP contribution in [0.4, 0.5) is 10.5 Å². The first kappa shape index (κ1) is 19.4. The highest BCUT2D eigenvalue weighted by atomic mass is 16.2. The summed E-state index contributed by atoms with van der Waals surface area (Å²) < 4.78 is 0. The van der Waals surface area contributed by atoms with Gasteiger partial charge in [0, 0.05) is 12.2 Å². The van der Waals surface area contributed by atoms with Gasteiger partial charge < -0.3 is 10.2 Å². The largest absolute Gasteiger partial charge is 0.325 e. The third kappa shape index (κ3) is 3.26. The second-order valence-electron chi connectivity index (χ2n) is 8.11. The number of carbonyl (C=O) groups excluding carboxylic acids is 3. The molecule has 1 N–H and O–H groups in total. The van der Waals surface area contributed by atoms with E-state index < -0.39 is 11.6 Å². The molecule has 2 aromatic carbocycles. The third-order valence-corrected chi connectivity index (χ3v) is 6.46. The Bertz CT molecular complexity index is 973. The first-order valence-corrected chi connectivity index (χ1v) is 10.4. The van der Waals surface area contributed by atoms with Crippen LogP contribution in [0.25, 0.3) is 10.8 Å². The van der Waals surface area contributed by atoms with Gasteiger partial charge in [-0.3, -0.25) is 14.5 Å². The predicted molar refractivity (Wildman–Crippen MR) is 113 cm³/mol. The summed E-state index contributed by atoms with van der Waals surface area (Å²) in [6, 6.07) is 13.4. The molecule has 2 aromatic rings. The quantitative estimate of drug-likeness (QED) is 0.806. The van der Waals surface area contributed by atoms with Crippen molar-refractivity contribution in [2.45, 2.75) is 45.1 Å². The van der Waals surface area contributed by atoms with Crippen LogP contribution in [-0.2, 0) is 9.59 Å². The number of fused-ring (bicyclic) bond motifs is 1. The van der Waals surface area contributed by atoms with Crippen LogP contribution in [0.5, 0.6) is 0 Å². The monoisotopic (exact) mass is 393 g/mol. The number of likely N-dealkylation sites (N-methyl/N-ethyl adjacent to an activating group) is 1. The summed E-state index contributed by atoms with van der Waals surface area (Å²) in [6.07, 6.45) is 3.53. The average Bonchev–Trinajstić information content (AvgIpc) is 2.95. The van der Waals surface area contributed by atoms with Crippen molar-refractivity contribution in [2.24, 2.45) is 5.92 Å². The molecule has 0 bridgehead atoms. The molecule has 1 heterocycles. The summed E-state index contributed by atoms with van der Waals surface area (Å²) in [7, 11) is 0. The molecule has 4 amide bonds. The van der Waals surface area contributed by atoms with Gasteiger partial charge in [0.1, 0.15) is 12.1 Å². The van der Waals surface area contributed by atoms with E-state index in [2.05, 4.69) is 5.32 Å². The number of hydrogen-bond acceptors (Lipinski definition) is 3. The van der Waals surface area contributed by atoms with E-state index >= 15 is 0 Å². The standard InChI is InChI=1S/C23H27N3O3/c1-3-25(19-12-11-17-9-4-5-10-18(17)14-19)20(27)15-26-21(28)23(24-22(26)29)13-7-6-8-16(23)2/h4-5,9-12,14,16H,3,6-8,13,15H2,1-2H3,(H,24,29). The fraction of sp³-hybridized carbons (Fsp3) is 0.435. The molecule has 2 unspecified atom stereocenters. The number of amides is 4. The van der Waals surface area contributed by atoms with Crippen LogP contribution in [0.15, 0.2) is 42.5 Å². The van der Waals surface area contributed by atoms with Gasteiger partial charge in [-0.25, -0.2) is 4.79 Å². The average molecular weight is 393 g/mol. The highest BCUT2D eigenvalue weighted by molar-refractivity contribution is 6.10. The van der Waals surface area contributed by atoms with Gasteiger partial charge in [0.05, 0.1) is 0 Å². The van der Waals surface area contributed by atoms with E-state index in [4.69, 9.17) is 0 Å². The molecule has 6 nitrogen and oxygen atoms in total. The minimum Gasteiger partial charge on any atom is -0.323 e. The fourth-order valence-corrected chi connectivity index (χ4v) is 4.71. The van der Waals surface area contributed by atoms with Crippen LogP contribution in [0.3, 0.4) is 0 Å². The van der Waals surface area contributed by atoms with Crippen LogP contribution in [0.2, 0.25) is 0 Å². The Morgan fingerprint density at radius 1 is 1.17 bits per heavy atom. The van der Waals surface area contributed by atoms with Crippen molar-refractivity contribution < 1.29 is 14.4 Å². The summed E-state index contributed by atoms with van der Waals surface area (Å²) in [5.41, 5.74) is -0.0701. The van der Waals surface area contributed by atoms with E-state index in [0.29, 0.717) is 13.0 Å². The third-order valence-electron chi connectivity index (χ3n) is 6.46. The first-order valence-electron chi connectivity index (χ1n) is 10.4. The van der Waals surface area contributed by atoms with Crippen LogP contribution >= 0.6 is 0 Å². The molecule has 1 saturated heterocycles. The number of rotatable bonds is 4. The lowest BCUT2D eigenvalue weighted by atomic mass is 9.73. The number of urea groups is 1. The Balaban J connectivity index is 1.55. The number of imide groups is 1. The van der Waals surface area contributed by atoms with E-state index in [-0.39, 0.29) is 24.3 Å². The Morgan fingerprint density at radius 2 is 1.93 bits per heavy atom. The molecule has 2 fully saturated rings. The van der Waals surface area contributed by atoms with E-state index in [9.17, 15) is 14.4 Å². The van der Waals surface area contributed by atoms with Gasteiger partial charge in [0.25, 0.3) is 5.91 Å². The maximum atomic E-state index is 13.1. The van der Waals surface area contributed by atoms with Crippen LogP contribution in [0, 0.1) is 5.92 Å². The maximum absolute atomic E-state index is 13.1. The molecule has 2 aliphatic rings. The van der Waals surface area contributed by atoms with Gasteiger partial charge >= 0.3 is 6.03 Å². The first-order chi connectivity index (χ1) is 14.0. The SMILES string of the molecule is CCN(C(=O)CN1C(=O)NC2(CCCCC2C)C1=O)c1ccc2ccccc2c1. The van der Waals surface area contributed by atoms with Crippen molar-refractivity contribution in [2.75, 3.05) is 18.0 Å².